The van der Waals surface area contributed by atoms with Gasteiger partial charge in [-0.15, -0.1) is 0 Å². The number of hydrogen-bond acceptors (Lipinski definition) is 4. The summed E-state index contributed by atoms with van der Waals surface area (Å²) in [6.07, 6.45) is 5.18. The highest BCUT2D eigenvalue weighted by Crippen LogP contribution is 2.17. The molecule has 23 heavy (non-hydrogen) atoms. The first-order valence-electron chi connectivity index (χ1n) is 7.75. The number of allylic oxidation sites excluding steroid dienone is 1. The van der Waals surface area contributed by atoms with E-state index in [1.165, 1.54) is 0 Å². The summed E-state index contributed by atoms with van der Waals surface area (Å²) in [6.45, 7) is 5.53. The highest BCUT2D eigenvalue weighted by molar-refractivity contribution is 6.60. The molecule has 0 saturated heterocycles. The summed E-state index contributed by atoms with van der Waals surface area (Å²) < 4.78 is 16.8. The summed E-state index contributed by atoms with van der Waals surface area (Å²) in [5, 5.41) is 1.88. The molecule has 0 spiro atoms. The topological polar surface area (TPSA) is 48.0 Å². The van der Waals surface area contributed by atoms with E-state index in [2.05, 4.69) is 21.0 Å². The van der Waals surface area contributed by atoms with E-state index in [1.807, 2.05) is 11.9 Å². The number of carbonyl (C=O) groups excluding carboxylic acids is 1. The average Bonchev–Trinajstić information content (AvgIpc) is 2.48. The quantitative estimate of drug-likeness (QED) is 0.204. The third-order valence-electron chi connectivity index (χ3n) is 3.77. The molecular formula is C15H33ClN2O4Si. The maximum absolute atomic E-state index is 12.4. The van der Waals surface area contributed by atoms with Gasteiger partial charge in [0.2, 0.25) is 0 Å². The number of carbonyl (C=O) groups is 1. The second-order valence-corrected chi connectivity index (χ2v) is 8.80. The summed E-state index contributed by atoms with van der Waals surface area (Å²) in [7, 11) is 6.36. The van der Waals surface area contributed by atoms with Gasteiger partial charge in [0.25, 0.3) is 5.91 Å². The van der Waals surface area contributed by atoms with Gasteiger partial charge in [-0.25, -0.2) is 4.59 Å². The lowest BCUT2D eigenvalue weighted by Crippen LogP contribution is -3.00. The van der Waals surface area contributed by atoms with E-state index in [-0.39, 0.29) is 18.3 Å². The maximum atomic E-state index is 12.4. The minimum Gasteiger partial charge on any atom is -1.00 e. The minimum absolute atomic E-state index is 0. The van der Waals surface area contributed by atoms with Gasteiger partial charge in [0.05, 0.1) is 20.6 Å². The number of quaternary nitrogens is 1. The van der Waals surface area contributed by atoms with Crippen LogP contribution in [0.2, 0.25) is 6.04 Å². The Hall–Kier alpha value is -0.443. The summed E-state index contributed by atoms with van der Waals surface area (Å²) in [5.74, 6) is 0.0282. The van der Waals surface area contributed by atoms with Crippen LogP contribution >= 0.6 is 0 Å². The van der Waals surface area contributed by atoms with Gasteiger partial charge in [0.15, 0.2) is 0 Å². The van der Waals surface area contributed by atoms with Crippen molar-refractivity contribution in [2.75, 3.05) is 48.5 Å². The van der Waals surface area contributed by atoms with Crippen LogP contribution in [0.5, 0.6) is 0 Å². The Labute approximate surface area is 148 Å². The van der Waals surface area contributed by atoms with Crippen LogP contribution in [0, 0.1) is 0 Å². The van der Waals surface area contributed by atoms with E-state index in [4.69, 9.17) is 13.3 Å². The second kappa shape index (κ2) is 12.0. The third kappa shape index (κ3) is 7.78. The molecule has 138 valence electrons. The predicted molar refractivity (Wildman–Crippen MR) is 90.0 cm³/mol. The highest BCUT2D eigenvalue weighted by Gasteiger charge is 2.38. The monoisotopic (exact) mass is 368 g/mol. The molecular weight excluding hydrogens is 336 g/mol. The average molecular weight is 369 g/mol. The molecule has 1 amide bonds. The van der Waals surface area contributed by atoms with Gasteiger partial charge in [-0.1, -0.05) is 13.0 Å². The van der Waals surface area contributed by atoms with Crippen LogP contribution < -0.4 is 12.4 Å². The summed E-state index contributed by atoms with van der Waals surface area (Å²) in [5.41, 5.74) is 0. The largest absolute Gasteiger partial charge is 1.00 e. The maximum Gasteiger partial charge on any atom is 0.500 e. The lowest BCUT2D eigenvalue weighted by atomic mass is 10.3. The van der Waals surface area contributed by atoms with Gasteiger partial charge in [0, 0.05) is 33.4 Å². The van der Waals surface area contributed by atoms with Crippen molar-refractivity contribution < 1.29 is 35.1 Å². The Bertz CT molecular complexity index is 355. The Morgan fingerprint density at radius 1 is 1.17 bits per heavy atom. The fourth-order valence-corrected chi connectivity index (χ4v) is 4.25. The summed E-state index contributed by atoms with van der Waals surface area (Å²) >= 11 is 0. The van der Waals surface area contributed by atoms with Gasteiger partial charge in [-0.3, -0.25) is 4.79 Å². The molecule has 0 aliphatic carbocycles. The molecule has 0 radical (unpaired) electrons. The van der Waals surface area contributed by atoms with E-state index < -0.39 is 8.80 Å². The van der Waals surface area contributed by atoms with Crippen molar-refractivity contribution in [3.05, 3.63) is 12.2 Å². The molecule has 0 aromatic heterocycles. The van der Waals surface area contributed by atoms with Gasteiger partial charge >= 0.3 is 8.80 Å². The van der Waals surface area contributed by atoms with Gasteiger partial charge < -0.3 is 25.7 Å². The second-order valence-electron chi connectivity index (χ2n) is 5.71. The van der Waals surface area contributed by atoms with E-state index >= 15 is 0 Å². The molecule has 6 nitrogen and oxygen atoms in total. The third-order valence-corrected chi connectivity index (χ3v) is 6.61. The van der Waals surface area contributed by atoms with Crippen molar-refractivity contribution in [2.45, 2.75) is 32.7 Å². The molecule has 0 saturated carbocycles. The molecule has 8 heteroatoms. The molecule has 0 rings (SSSR count). The molecule has 0 fully saturated rings. The van der Waals surface area contributed by atoms with Crippen LogP contribution in [0.15, 0.2) is 12.2 Å². The SMILES string of the molecule is CC=CC(=O)N(CCC[Si](OC)(OC)OC)[N+](C)(C)CCC.[Cl-]. The Morgan fingerprint density at radius 2 is 1.70 bits per heavy atom. The molecule has 0 aromatic rings. The molecule has 0 bridgehead atoms. The molecule has 0 N–H and O–H groups in total. The standard InChI is InChI=1S/C15H33N2O4Si.ClH/c1-8-11-15(18)16(17(3,4)13-9-2)12-10-14-22(19-5,20-6)21-7;/h8,11H,9-10,12-14H2,1-7H3;1H/q+1;/p-1. The number of amides is 1. The first-order valence-corrected chi connectivity index (χ1v) is 9.68. The lowest BCUT2D eigenvalue weighted by Gasteiger charge is -2.39. The Balaban J connectivity index is 0. The molecule has 0 aliphatic rings. The number of nitrogens with zero attached hydrogens (tertiary/aromatic N) is 2. The van der Waals surface area contributed by atoms with Gasteiger partial charge in [0.1, 0.15) is 6.54 Å². The Kier molecular flexibility index (Phi) is 12.9. The van der Waals surface area contributed by atoms with Gasteiger partial charge in [-0.2, -0.15) is 5.01 Å². The number of hydrogen-bond donors (Lipinski definition) is 0. The first kappa shape index (κ1) is 24.8. The van der Waals surface area contributed by atoms with Crippen LogP contribution in [-0.2, 0) is 18.1 Å². The van der Waals surface area contributed by atoms with Crippen molar-refractivity contribution in [3.8, 4) is 0 Å². The molecule has 0 heterocycles. The van der Waals surface area contributed by atoms with Crippen molar-refractivity contribution >= 4 is 14.7 Å². The van der Waals surface area contributed by atoms with Gasteiger partial charge in [-0.05, 0) is 19.8 Å². The van der Waals surface area contributed by atoms with Crippen molar-refractivity contribution in [1.82, 2.24) is 5.01 Å². The fourth-order valence-electron chi connectivity index (χ4n) is 2.55. The van der Waals surface area contributed by atoms with Crippen LogP contribution in [-0.4, -0.2) is 72.8 Å². The Morgan fingerprint density at radius 3 is 2.09 bits per heavy atom. The van der Waals surface area contributed by atoms with Crippen molar-refractivity contribution in [3.63, 3.8) is 0 Å². The number of rotatable bonds is 11. The minimum atomic E-state index is -2.58. The van der Waals surface area contributed by atoms with Crippen LogP contribution in [0.1, 0.15) is 26.7 Å². The van der Waals surface area contributed by atoms with E-state index in [0.717, 1.165) is 19.4 Å². The van der Waals surface area contributed by atoms with E-state index in [9.17, 15) is 4.79 Å². The molecule has 0 unspecified atom stereocenters. The molecule has 0 aliphatic heterocycles. The summed E-state index contributed by atoms with van der Waals surface area (Å²) in [4.78, 5) is 12.4. The predicted octanol–water partition coefficient (Wildman–Crippen LogP) is -0.935. The zero-order chi connectivity index (χ0) is 17.2. The van der Waals surface area contributed by atoms with Crippen molar-refractivity contribution in [1.29, 1.82) is 0 Å². The number of halogens is 1. The fraction of sp³-hybridized carbons (Fsp3) is 0.800. The molecule has 0 aromatic carbocycles. The van der Waals surface area contributed by atoms with Crippen LogP contribution in [0.4, 0.5) is 0 Å². The highest BCUT2D eigenvalue weighted by atomic mass is 35.5. The van der Waals surface area contributed by atoms with Crippen LogP contribution in [0.3, 0.4) is 0 Å². The zero-order valence-corrected chi connectivity index (χ0v) is 17.4. The first-order chi connectivity index (χ1) is 10.3. The smallest absolute Gasteiger partial charge is 0.500 e. The summed E-state index contributed by atoms with van der Waals surface area (Å²) in [6, 6.07) is 0.683. The van der Waals surface area contributed by atoms with Crippen molar-refractivity contribution in [2.24, 2.45) is 0 Å². The normalized spacial score (nSPS) is 12.3. The van der Waals surface area contributed by atoms with E-state index in [0.29, 0.717) is 17.2 Å². The van der Waals surface area contributed by atoms with Crippen LogP contribution in [0.25, 0.3) is 0 Å². The van der Waals surface area contributed by atoms with E-state index in [1.54, 1.807) is 33.5 Å². The zero-order valence-electron chi connectivity index (χ0n) is 15.6. The lowest BCUT2D eigenvalue weighted by molar-refractivity contribution is -0.990. The molecule has 0 atom stereocenters.